The third-order valence-corrected chi connectivity index (χ3v) is 4.26. The van der Waals surface area contributed by atoms with Gasteiger partial charge in [0.25, 0.3) is 0 Å². The minimum Gasteiger partial charge on any atom is -0.424 e. The summed E-state index contributed by atoms with van der Waals surface area (Å²) in [6.07, 6.45) is -4.44. The number of piperazine rings is 1. The molecule has 120 valence electrons. The molecule has 0 amide bonds. The zero-order valence-electron chi connectivity index (χ0n) is 11.7. The molecule has 0 radical (unpaired) electrons. The second kappa shape index (κ2) is 5.80. The van der Waals surface area contributed by atoms with Crippen LogP contribution in [-0.4, -0.2) is 51.5 Å². The zero-order valence-corrected chi connectivity index (χ0v) is 12.5. The topological polar surface area (TPSA) is 71.2 Å². The fraction of sp³-hybridized carbons (Fsp3) is 0.636. The van der Waals surface area contributed by atoms with Crippen molar-refractivity contribution < 1.29 is 17.6 Å². The van der Waals surface area contributed by atoms with Gasteiger partial charge >= 0.3 is 6.18 Å². The minimum absolute atomic E-state index is 0.306. The van der Waals surface area contributed by atoms with Gasteiger partial charge in [-0.25, -0.2) is 0 Å². The van der Waals surface area contributed by atoms with E-state index in [1.54, 1.807) is 6.92 Å². The van der Waals surface area contributed by atoms with E-state index < -0.39 is 11.2 Å². The van der Waals surface area contributed by atoms with Crippen LogP contribution in [0.25, 0.3) is 0 Å². The average molecular weight is 334 g/mol. The Bertz CT molecular complexity index is 634. The van der Waals surface area contributed by atoms with E-state index in [0.29, 0.717) is 61.0 Å². The monoisotopic (exact) mass is 334 g/mol. The van der Waals surface area contributed by atoms with Gasteiger partial charge in [0.15, 0.2) is 0 Å². The molecule has 2 aromatic heterocycles. The Kier molecular flexibility index (Phi) is 4.00. The first kappa shape index (κ1) is 15.2. The van der Waals surface area contributed by atoms with Gasteiger partial charge in [-0.15, -0.1) is 20.4 Å². The van der Waals surface area contributed by atoms with Crippen molar-refractivity contribution in [1.82, 2.24) is 25.3 Å². The highest BCUT2D eigenvalue weighted by molar-refractivity contribution is 7.15. The van der Waals surface area contributed by atoms with Crippen LogP contribution in [0.2, 0.25) is 0 Å². The van der Waals surface area contributed by atoms with Gasteiger partial charge in [-0.1, -0.05) is 11.3 Å². The first-order valence-corrected chi connectivity index (χ1v) is 7.40. The Morgan fingerprint density at radius 1 is 1.09 bits per heavy atom. The first-order valence-electron chi connectivity index (χ1n) is 6.59. The van der Waals surface area contributed by atoms with Gasteiger partial charge in [0, 0.05) is 33.1 Å². The summed E-state index contributed by atoms with van der Waals surface area (Å²) < 4.78 is 42.9. The fourth-order valence-corrected chi connectivity index (χ4v) is 2.91. The SMILES string of the molecule is Cc1nnc(CN2CCN(c3nnc(C(F)(F)F)s3)CC2)o1. The number of aryl methyl sites for hydroxylation is 1. The largest absolute Gasteiger partial charge is 0.445 e. The zero-order chi connectivity index (χ0) is 15.7. The van der Waals surface area contributed by atoms with Crippen molar-refractivity contribution in [1.29, 1.82) is 0 Å². The molecule has 22 heavy (non-hydrogen) atoms. The van der Waals surface area contributed by atoms with Gasteiger partial charge in [-0.05, 0) is 0 Å². The van der Waals surface area contributed by atoms with Crippen LogP contribution in [0, 0.1) is 6.92 Å². The van der Waals surface area contributed by atoms with Gasteiger partial charge in [-0.2, -0.15) is 13.2 Å². The molecular weight excluding hydrogens is 321 g/mol. The first-order chi connectivity index (χ1) is 10.4. The smallest absolute Gasteiger partial charge is 0.424 e. The maximum atomic E-state index is 12.5. The molecule has 0 N–H and O–H groups in total. The Morgan fingerprint density at radius 3 is 2.36 bits per heavy atom. The van der Waals surface area contributed by atoms with E-state index in [0.717, 1.165) is 0 Å². The summed E-state index contributed by atoms with van der Waals surface area (Å²) in [5, 5.41) is 13.9. The maximum absolute atomic E-state index is 12.5. The summed E-state index contributed by atoms with van der Waals surface area (Å²) in [7, 11) is 0. The van der Waals surface area contributed by atoms with E-state index >= 15 is 0 Å². The molecule has 7 nitrogen and oxygen atoms in total. The van der Waals surface area contributed by atoms with Crippen molar-refractivity contribution in [2.24, 2.45) is 0 Å². The van der Waals surface area contributed by atoms with Gasteiger partial charge < -0.3 is 9.32 Å². The molecule has 0 spiro atoms. The van der Waals surface area contributed by atoms with Gasteiger partial charge in [0.1, 0.15) is 0 Å². The minimum atomic E-state index is -4.44. The fourth-order valence-electron chi connectivity index (χ4n) is 2.15. The molecule has 0 bridgehead atoms. The highest BCUT2D eigenvalue weighted by atomic mass is 32.1. The molecule has 1 aliphatic rings. The lowest BCUT2D eigenvalue weighted by molar-refractivity contribution is -0.138. The van der Waals surface area contributed by atoms with Crippen molar-refractivity contribution in [2.45, 2.75) is 19.6 Å². The number of halogens is 3. The third kappa shape index (κ3) is 3.35. The molecule has 1 saturated heterocycles. The quantitative estimate of drug-likeness (QED) is 0.844. The van der Waals surface area contributed by atoms with Crippen LogP contribution in [0.1, 0.15) is 16.8 Å². The van der Waals surface area contributed by atoms with Crippen molar-refractivity contribution in [2.75, 3.05) is 31.1 Å². The van der Waals surface area contributed by atoms with Crippen LogP contribution in [0.5, 0.6) is 0 Å². The van der Waals surface area contributed by atoms with E-state index in [1.807, 2.05) is 4.90 Å². The van der Waals surface area contributed by atoms with Gasteiger partial charge in [0.05, 0.1) is 6.54 Å². The van der Waals surface area contributed by atoms with E-state index in [1.165, 1.54) is 0 Å². The molecule has 0 saturated carbocycles. The van der Waals surface area contributed by atoms with Crippen molar-refractivity contribution in [3.8, 4) is 0 Å². The second-order valence-electron chi connectivity index (χ2n) is 4.87. The van der Waals surface area contributed by atoms with Crippen LogP contribution in [0.3, 0.4) is 0 Å². The Balaban J connectivity index is 1.56. The molecule has 3 heterocycles. The molecule has 0 aliphatic carbocycles. The van der Waals surface area contributed by atoms with Crippen molar-refractivity contribution in [3.05, 3.63) is 16.8 Å². The molecule has 11 heteroatoms. The highest BCUT2D eigenvalue weighted by Crippen LogP contribution is 2.34. The maximum Gasteiger partial charge on any atom is 0.445 e. The summed E-state index contributed by atoms with van der Waals surface area (Å²) in [5.41, 5.74) is 0. The summed E-state index contributed by atoms with van der Waals surface area (Å²) in [6.45, 7) is 4.80. The number of hydrogen-bond donors (Lipinski definition) is 0. The molecule has 1 aliphatic heterocycles. The van der Waals surface area contributed by atoms with Crippen LogP contribution in [0.4, 0.5) is 18.3 Å². The lowest BCUT2D eigenvalue weighted by atomic mass is 10.3. The standard InChI is InChI=1S/C11H13F3N6OS/c1-7-15-16-8(21-7)6-19-2-4-20(5-3-19)10-18-17-9(22-10)11(12,13)14/h2-6H2,1H3. The molecule has 2 aromatic rings. The average Bonchev–Trinajstić information content (AvgIpc) is 3.08. The van der Waals surface area contributed by atoms with Crippen LogP contribution < -0.4 is 4.90 Å². The lowest BCUT2D eigenvalue weighted by Gasteiger charge is -2.33. The number of aromatic nitrogens is 4. The number of nitrogens with zero attached hydrogens (tertiary/aromatic N) is 6. The summed E-state index contributed by atoms with van der Waals surface area (Å²) in [4.78, 5) is 3.91. The summed E-state index contributed by atoms with van der Waals surface area (Å²) in [5.74, 6) is 1.06. The van der Waals surface area contributed by atoms with Crippen LogP contribution in [0.15, 0.2) is 4.42 Å². The molecule has 3 rings (SSSR count). The van der Waals surface area contributed by atoms with Crippen molar-refractivity contribution >= 4 is 16.5 Å². The van der Waals surface area contributed by atoms with Gasteiger partial charge in [0.2, 0.25) is 21.9 Å². The number of alkyl halides is 3. The molecule has 1 fully saturated rings. The van der Waals surface area contributed by atoms with E-state index in [9.17, 15) is 13.2 Å². The Hall–Kier alpha value is -1.75. The van der Waals surface area contributed by atoms with Crippen LogP contribution >= 0.6 is 11.3 Å². The number of hydrogen-bond acceptors (Lipinski definition) is 8. The number of rotatable bonds is 3. The lowest BCUT2D eigenvalue weighted by Crippen LogP contribution is -2.46. The summed E-state index contributed by atoms with van der Waals surface area (Å²) >= 11 is 0.574. The normalized spacial score (nSPS) is 17.2. The Labute approximate surface area is 127 Å². The second-order valence-corrected chi connectivity index (χ2v) is 5.82. The van der Waals surface area contributed by atoms with E-state index in [2.05, 4.69) is 25.3 Å². The molecule has 0 atom stereocenters. The number of anilines is 1. The predicted molar refractivity (Wildman–Crippen MR) is 71.4 cm³/mol. The van der Waals surface area contributed by atoms with E-state index in [-0.39, 0.29) is 0 Å². The Morgan fingerprint density at radius 2 is 1.82 bits per heavy atom. The highest BCUT2D eigenvalue weighted by Gasteiger charge is 2.36. The molecule has 0 aromatic carbocycles. The van der Waals surface area contributed by atoms with E-state index in [4.69, 9.17) is 4.42 Å². The van der Waals surface area contributed by atoms with Crippen LogP contribution in [-0.2, 0) is 12.7 Å². The molecule has 0 unspecified atom stereocenters. The summed E-state index contributed by atoms with van der Waals surface area (Å²) in [6, 6.07) is 0. The molecular formula is C11H13F3N6OS. The third-order valence-electron chi connectivity index (χ3n) is 3.23. The van der Waals surface area contributed by atoms with Crippen molar-refractivity contribution in [3.63, 3.8) is 0 Å². The van der Waals surface area contributed by atoms with Gasteiger partial charge in [-0.3, -0.25) is 4.90 Å². The predicted octanol–water partition coefficient (Wildman–Crippen LogP) is 1.57.